The van der Waals surface area contributed by atoms with E-state index in [1.165, 1.54) is 19.3 Å². The Labute approximate surface area is 120 Å². The maximum absolute atomic E-state index is 12.2. The smallest absolute Gasteiger partial charge is 0.251 e. The third-order valence-corrected chi connectivity index (χ3v) is 3.78. The second kappa shape index (κ2) is 7.08. The molecule has 0 fully saturated rings. The second-order valence-corrected chi connectivity index (χ2v) is 5.26. The number of imidazole rings is 1. The van der Waals surface area contributed by atoms with Crippen LogP contribution in [0, 0.1) is 5.92 Å². The van der Waals surface area contributed by atoms with Crippen molar-refractivity contribution in [2.24, 2.45) is 5.92 Å². The monoisotopic (exact) mass is 273 g/mol. The highest BCUT2D eigenvalue weighted by Gasteiger charge is 2.10. The molecule has 2 aromatic rings. The molecule has 0 radical (unpaired) electrons. The highest BCUT2D eigenvalue weighted by Crippen LogP contribution is 2.13. The van der Waals surface area contributed by atoms with Crippen molar-refractivity contribution in [2.45, 2.75) is 39.5 Å². The number of carbonyl (C=O) groups is 1. The van der Waals surface area contributed by atoms with Gasteiger partial charge in [-0.2, -0.15) is 0 Å². The summed E-state index contributed by atoms with van der Waals surface area (Å²) in [4.78, 5) is 19.3. The zero-order valence-corrected chi connectivity index (χ0v) is 12.3. The molecule has 1 atom stereocenters. The standard InChI is InChI=1S/C16H23N3O/c1-3-5-6-12(4-2)10-17-16(20)13-7-8-14-15(9-13)19-11-18-14/h7-9,11-12H,3-6,10H2,1-2H3,(H,17,20)(H,18,19). The van der Waals surface area contributed by atoms with Crippen LogP contribution in [0.25, 0.3) is 11.0 Å². The minimum Gasteiger partial charge on any atom is -0.352 e. The van der Waals surface area contributed by atoms with E-state index in [2.05, 4.69) is 29.1 Å². The average Bonchev–Trinajstić information content (AvgIpc) is 2.94. The molecule has 4 heteroatoms. The SMILES string of the molecule is CCCCC(CC)CNC(=O)c1ccc2nc[nH]c2c1. The molecule has 2 rings (SSSR count). The molecule has 0 saturated carbocycles. The lowest BCUT2D eigenvalue weighted by molar-refractivity contribution is 0.0946. The van der Waals surface area contributed by atoms with Crippen molar-refractivity contribution < 1.29 is 4.79 Å². The number of hydrogen-bond donors (Lipinski definition) is 2. The van der Waals surface area contributed by atoms with E-state index in [0.29, 0.717) is 11.5 Å². The fraction of sp³-hybridized carbons (Fsp3) is 0.500. The molecule has 0 saturated heterocycles. The van der Waals surface area contributed by atoms with Gasteiger partial charge in [-0.05, 0) is 30.5 Å². The van der Waals surface area contributed by atoms with Gasteiger partial charge in [-0.3, -0.25) is 4.79 Å². The quantitative estimate of drug-likeness (QED) is 0.811. The van der Waals surface area contributed by atoms with Gasteiger partial charge >= 0.3 is 0 Å². The number of hydrogen-bond acceptors (Lipinski definition) is 2. The van der Waals surface area contributed by atoms with E-state index < -0.39 is 0 Å². The lowest BCUT2D eigenvalue weighted by Gasteiger charge is -2.15. The molecular weight excluding hydrogens is 250 g/mol. The van der Waals surface area contributed by atoms with Gasteiger partial charge in [-0.25, -0.2) is 4.98 Å². The molecule has 1 aromatic heterocycles. The van der Waals surface area contributed by atoms with Crippen LogP contribution >= 0.6 is 0 Å². The first kappa shape index (κ1) is 14.6. The van der Waals surface area contributed by atoms with Gasteiger partial charge in [0.15, 0.2) is 0 Å². The second-order valence-electron chi connectivity index (χ2n) is 5.26. The summed E-state index contributed by atoms with van der Waals surface area (Å²) in [6, 6.07) is 5.55. The van der Waals surface area contributed by atoms with E-state index in [1.54, 1.807) is 6.33 Å². The zero-order valence-electron chi connectivity index (χ0n) is 12.3. The van der Waals surface area contributed by atoms with Gasteiger partial charge in [-0.1, -0.05) is 33.1 Å². The van der Waals surface area contributed by atoms with Gasteiger partial charge in [0.1, 0.15) is 0 Å². The molecule has 0 bridgehead atoms. The lowest BCUT2D eigenvalue weighted by Crippen LogP contribution is -2.29. The topological polar surface area (TPSA) is 57.8 Å². The first-order valence-electron chi connectivity index (χ1n) is 7.46. The van der Waals surface area contributed by atoms with E-state index in [1.807, 2.05) is 18.2 Å². The van der Waals surface area contributed by atoms with Crippen molar-refractivity contribution in [1.29, 1.82) is 0 Å². The van der Waals surface area contributed by atoms with Crippen molar-refractivity contribution in [1.82, 2.24) is 15.3 Å². The number of fused-ring (bicyclic) bond motifs is 1. The molecule has 1 aromatic carbocycles. The fourth-order valence-electron chi connectivity index (χ4n) is 2.36. The van der Waals surface area contributed by atoms with Crippen molar-refractivity contribution >= 4 is 16.9 Å². The molecule has 0 aliphatic carbocycles. The van der Waals surface area contributed by atoms with E-state index in [0.717, 1.165) is 24.0 Å². The van der Waals surface area contributed by atoms with Crippen LogP contribution in [-0.2, 0) is 0 Å². The number of carbonyl (C=O) groups excluding carboxylic acids is 1. The summed E-state index contributed by atoms with van der Waals surface area (Å²) in [7, 11) is 0. The molecule has 1 unspecified atom stereocenters. The van der Waals surface area contributed by atoms with Gasteiger partial charge in [0.25, 0.3) is 5.91 Å². The minimum absolute atomic E-state index is 0.00329. The average molecular weight is 273 g/mol. The molecule has 0 aliphatic heterocycles. The lowest BCUT2D eigenvalue weighted by atomic mass is 9.99. The number of rotatable bonds is 7. The third kappa shape index (κ3) is 3.59. The van der Waals surface area contributed by atoms with Crippen molar-refractivity contribution in [2.75, 3.05) is 6.54 Å². The van der Waals surface area contributed by atoms with Crippen LogP contribution in [0.15, 0.2) is 24.5 Å². The maximum atomic E-state index is 12.2. The molecule has 4 nitrogen and oxygen atoms in total. The Kier molecular flexibility index (Phi) is 5.16. The van der Waals surface area contributed by atoms with Gasteiger partial charge in [0.2, 0.25) is 0 Å². The molecule has 20 heavy (non-hydrogen) atoms. The summed E-state index contributed by atoms with van der Waals surface area (Å²) < 4.78 is 0. The molecule has 1 amide bonds. The fourth-order valence-corrected chi connectivity index (χ4v) is 2.36. The van der Waals surface area contributed by atoms with Gasteiger partial charge in [0.05, 0.1) is 17.4 Å². The van der Waals surface area contributed by atoms with Crippen LogP contribution in [0.5, 0.6) is 0 Å². The summed E-state index contributed by atoms with van der Waals surface area (Å²) in [5, 5.41) is 3.04. The molecular formula is C16H23N3O. The number of aromatic nitrogens is 2. The van der Waals surface area contributed by atoms with Crippen LogP contribution < -0.4 is 5.32 Å². The molecule has 0 spiro atoms. The molecule has 108 valence electrons. The summed E-state index contributed by atoms with van der Waals surface area (Å²) in [6.07, 6.45) is 6.38. The first-order chi connectivity index (χ1) is 9.74. The van der Waals surface area contributed by atoms with Crippen molar-refractivity contribution in [3.8, 4) is 0 Å². The van der Waals surface area contributed by atoms with Crippen LogP contribution in [0.3, 0.4) is 0 Å². The Morgan fingerprint density at radius 3 is 3.00 bits per heavy atom. The normalized spacial score (nSPS) is 12.5. The van der Waals surface area contributed by atoms with E-state index in [4.69, 9.17) is 0 Å². The Morgan fingerprint density at radius 2 is 2.25 bits per heavy atom. The Balaban J connectivity index is 1.93. The number of amides is 1. The van der Waals surface area contributed by atoms with Gasteiger partial charge < -0.3 is 10.3 Å². The van der Waals surface area contributed by atoms with Crippen LogP contribution in [0.4, 0.5) is 0 Å². The Bertz CT molecular complexity index is 562. The number of nitrogens with zero attached hydrogens (tertiary/aromatic N) is 1. The molecule has 1 heterocycles. The van der Waals surface area contributed by atoms with Gasteiger partial charge in [-0.15, -0.1) is 0 Å². The van der Waals surface area contributed by atoms with E-state index in [9.17, 15) is 4.79 Å². The van der Waals surface area contributed by atoms with E-state index in [-0.39, 0.29) is 5.91 Å². The maximum Gasteiger partial charge on any atom is 0.251 e. The van der Waals surface area contributed by atoms with Crippen LogP contribution in [0.2, 0.25) is 0 Å². The number of benzene rings is 1. The minimum atomic E-state index is -0.00329. The number of nitrogens with one attached hydrogen (secondary N) is 2. The van der Waals surface area contributed by atoms with Crippen molar-refractivity contribution in [3.63, 3.8) is 0 Å². The molecule has 0 aliphatic rings. The predicted molar refractivity (Wildman–Crippen MR) is 81.7 cm³/mol. The summed E-state index contributed by atoms with van der Waals surface area (Å²) >= 11 is 0. The molecule has 2 N–H and O–H groups in total. The highest BCUT2D eigenvalue weighted by atomic mass is 16.1. The Morgan fingerprint density at radius 1 is 1.40 bits per heavy atom. The van der Waals surface area contributed by atoms with E-state index >= 15 is 0 Å². The van der Waals surface area contributed by atoms with Gasteiger partial charge in [0, 0.05) is 12.1 Å². The Hall–Kier alpha value is -1.84. The predicted octanol–water partition coefficient (Wildman–Crippen LogP) is 3.51. The zero-order chi connectivity index (χ0) is 14.4. The highest BCUT2D eigenvalue weighted by molar-refractivity contribution is 5.97. The largest absolute Gasteiger partial charge is 0.352 e. The summed E-state index contributed by atoms with van der Waals surface area (Å²) in [5.74, 6) is 0.575. The van der Waals surface area contributed by atoms with Crippen LogP contribution in [0.1, 0.15) is 49.9 Å². The summed E-state index contributed by atoms with van der Waals surface area (Å²) in [5.41, 5.74) is 2.47. The number of aromatic amines is 1. The third-order valence-electron chi connectivity index (χ3n) is 3.78. The van der Waals surface area contributed by atoms with Crippen LogP contribution in [-0.4, -0.2) is 22.4 Å². The summed E-state index contributed by atoms with van der Waals surface area (Å²) in [6.45, 7) is 5.14. The number of H-pyrrole nitrogens is 1. The van der Waals surface area contributed by atoms with Crippen molar-refractivity contribution in [3.05, 3.63) is 30.1 Å². The number of unbranched alkanes of at least 4 members (excludes halogenated alkanes) is 1. The first-order valence-corrected chi connectivity index (χ1v) is 7.46.